The lowest BCUT2D eigenvalue weighted by molar-refractivity contribution is 0.941. The minimum absolute atomic E-state index is 0.587. The van der Waals surface area contributed by atoms with Crippen molar-refractivity contribution in [3.05, 3.63) is 48.1 Å². The zero-order valence-electron chi connectivity index (χ0n) is 13.0. The van der Waals surface area contributed by atoms with Crippen LogP contribution in [0.2, 0.25) is 0 Å². The molecule has 0 fully saturated rings. The largest absolute Gasteiger partial charge is 0.354 e. The van der Waals surface area contributed by atoms with E-state index in [1.807, 2.05) is 29.9 Å². The van der Waals surface area contributed by atoms with E-state index < -0.39 is 0 Å². The molecule has 0 atom stereocenters. The van der Waals surface area contributed by atoms with Crippen LogP contribution in [0.5, 0.6) is 0 Å². The van der Waals surface area contributed by atoms with Crippen molar-refractivity contribution < 1.29 is 0 Å². The number of hydrogen-bond donors (Lipinski definition) is 1. The molecule has 8 heteroatoms. The van der Waals surface area contributed by atoms with E-state index in [4.69, 9.17) is 0 Å². The zero-order chi connectivity index (χ0) is 16.4. The Morgan fingerprint density at radius 3 is 3.04 bits per heavy atom. The molecule has 7 nitrogen and oxygen atoms in total. The van der Waals surface area contributed by atoms with E-state index in [0.29, 0.717) is 18.1 Å². The van der Waals surface area contributed by atoms with E-state index in [-0.39, 0.29) is 0 Å². The standard InChI is InChI=1S/C16H15N7S/c1-23-10-20-14-13(23)8-19-16(22-14)18-6-4-12-9-24-15(21-12)11-3-2-5-17-7-11/h2-3,5,7-10H,4,6H2,1H3,(H,18,19,22). The number of nitrogens with one attached hydrogen (secondary N) is 1. The predicted molar refractivity (Wildman–Crippen MR) is 93.8 cm³/mol. The van der Waals surface area contributed by atoms with Crippen LogP contribution in [0.15, 0.2) is 42.4 Å². The van der Waals surface area contributed by atoms with Crippen LogP contribution in [0.3, 0.4) is 0 Å². The first-order chi connectivity index (χ1) is 11.8. The topological polar surface area (TPSA) is 81.4 Å². The van der Waals surface area contributed by atoms with Crippen molar-refractivity contribution in [1.29, 1.82) is 0 Å². The highest BCUT2D eigenvalue weighted by atomic mass is 32.1. The van der Waals surface area contributed by atoms with Crippen molar-refractivity contribution in [3.63, 3.8) is 0 Å². The summed E-state index contributed by atoms with van der Waals surface area (Å²) in [7, 11) is 1.92. The third-order valence-corrected chi connectivity index (χ3v) is 4.55. The molecule has 0 saturated heterocycles. The Kier molecular flexibility index (Phi) is 3.87. The van der Waals surface area contributed by atoms with E-state index in [1.165, 1.54) is 0 Å². The van der Waals surface area contributed by atoms with Crippen molar-refractivity contribution in [2.75, 3.05) is 11.9 Å². The molecule has 0 amide bonds. The number of thiazole rings is 1. The molecule has 0 aliphatic carbocycles. The minimum Gasteiger partial charge on any atom is -0.354 e. The van der Waals surface area contributed by atoms with E-state index in [1.54, 1.807) is 30.1 Å². The molecule has 0 spiro atoms. The second-order valence-corrected chi connectivity index (χ2v) is 6.18. The number of anilines is 1. The summed E-state index contributed by atoms with van der Waals surface area (Å²) in [5.74, 6) is 0.587. The molecule has 4 aromatic heterocycles. The van der Waals surface area contributed by atoms with Crippen LogP contribution in [0.1, 0.15) is 5.69 Å². The highest BCUT2D eigenvalue weighted by molar-refractivity contribution is 7.13. The number of nitrogens with zero attached hydrogens (tertiary/aromatic N) is 6. The molecule has 24 heavy (non-hydrogen) atoms. The summed E-state index contributed by atoms with van der Waals surface area (Å²) in [6.45, 7) is 0.717. The van der Waals surface area contributed by atoms with Crippen molar-refractivity contribution in [2.45, 2.75) is 6.42 Å². The second-order valence-electron chi connectivity index (χ2n) is 5.32. The van der Waals surface area contributed by atoms with Gasteiger partial charge in [-0.2, -0.15) is 4.98 Å². The maximum Gasteiger partial charge on any atom is 0.224 e. The summed E-state index contributed by atoms with van der Waals surface area (Å²) < 4.78 is 1.90. The summed E-state index contributed by atoms with van der Waals surface area (Å²) in [4.78, 5) is 21.7. The molecule has 0 bridgehead atoms. The van der Waals surface area contributed by atoms with Gasteiger partial charge in [-0.3, -0.25) is 4.98 Å². The lowest BCUT2D eigenvalue weighted by Gasteiger charge is -2.03. The van der Waals surface area contributed by atoms with Gasteiger partial charge in [0.2, 0.25) is 5.95 Å². The van der Waals surface area contributed by atoms with Crippen molar-refractivity contribution in [2.24, 2.45) is 7.05 Å². The highest BCUT2D eigenvalue weighted by Gasteiger charge is 2.06. The van der Waals surface area contributed by atoms with Crippen LogP contribution in [-0.2, 0) is 13.5 Å². The molecule has 0 aliphatic heterocycles. The zero-order valence-corrected chi connectivity index (χ0v) is 13.9. The van der Waals surface area contributed by atoms with Crippen LogP contribution in [0, 0.1) is 0 Å². The molecule has 0 aromatic carbocycles. The molecule has 0 unspecified atom stereocenters. The Morgan fingerprint density at radius 1 is 1.21 bits per heavy atom. The number of fused-ring (bicyclic) bond motifs is 1. The number of imidazole rings is 1. The Hall–Kier alpha value is -2.87. The molecule has 0 saturated carbocycles. The van der Waals surface area contributed by atoms with Crippen molar-refractivity contribution in [1.82, 2.24) is 29.5 Å². The SMILES string of the molecule is Cn1cnc2nc(NCCc3csc(-c4cccnc4)n3)ncc21. The first-order valence-electron chi connectivity index (χ1n) is 7.52. The number of rotatable bonds is 5. The maximum atomic E-state index is 4.65. The van der Waals surface area contributed by atoms with Crippen LogP contribution >= 0.6 is 11.3 Å². The summed E-state index contributed by atoms with van der Waals surface area (Å²) in [5, 5.41) is 6.29. The average Bonchev–Trinajstić information content (AvgIpc) is 3.23. The van der Waals surface area contributed by atoms with Crippen LogP contribution in [0.25, 0.3) is 21.7 Å². The first-order valence-corrected chi connectivity index (χ1v) is 8.40. The fourth-order valence-electron chi connectivity index (χ4n) is 2.34. The Morgan fingerprint density at radius 2 is 2.17 bits per heavy atom. The maximum absolute atomic E-state index is 4.65. The third-order valence-electron chi connectivity index (χ3n) is 3.61. The smallest absolute Gasteiger partial charge is 0.224 e. The van der Waals surface area contributed by atoms with Gasteiger partial charge < -0.3 is 9.88 Å². The number of aromatic nitrogens is 6. The van der Waals surface area contributed by atoms with E-state index >= 15 is 0 Å². The normalized spacial score (nSPS) is 11.0. The highest BCUT2D eigenvalue weighted by Crippen LogP contribution is 2.22. The number of hydrogen-bond acceptors (Lipinski definition) is 7. The quantitative estimate of drug-likeness (QED) is 0.603. The molecule has 4 heterocycles. The molecule has 0 aliphatic rings. The molecule has 120 valence electrons. The molecule has 1 N–H and O–H groups in total. The van der Waals surface area contributed by atoms with Gasteiger partial charge in [-0.05, 0) is 12.1 Å². The Bertz CT molecular complexity index is 961. The van der Waals surface area contributed by atoms with E-state index in [2.05, 4.69) is 35.6 Å². The molecule has 4 rings (SSSR count). The minimum atomic E-state index is 0.587. The van der Waals surface area contributed by atoms with Gasteiger partial charge in [0, 0.05) is 43.4 Å². The van der Waals surface area contributed by atoms with E-state index in [9.17, 15) is 0 Å². The summed E-state index contributed by atoms with van der Waals surface area (Å²) in [6, 6.07) is 3.94. The average molecular weight is 337 g/mol. The van der Waals surface area contributed by atoms with Gasteiger partial charge in [0.25, 0.3) is 0 Å². The summed E-state index contributed by atoms with van der Waals surface area (Å²) >= 11 is 1.63. The van der Waals surface area contributed by atoms with Crippen molar-refractivity contribution >= 4 is 28.4 Å². The van der Waals surface area contributed by atoms with Gasteiger partial charge in [-0.15, -0.1) is 11.3 Å². The summed E-state index contributed by atoms with van der Waals surface area (Å²) in [5.41, 5.74) is 3.71. The van der Waals surface area contributed by atoms with Crippen LogP contribution in [-0.4, -0.2) is 36.0 Å². The van der Waals surface area contributed by atoms with Gasteiger partial charge in [0.1, 0.15) is 10.5 Å². The van der Waals surface area contributed by atoms with Gasteiger partial charge >= 0.3 is 0 Å². The lowest BCUT2D eigenvalue weighted by Crippen LogP contribution is -2.08. The molecule has 0 radical (unpaired) electrons. The number of aryl methyl sites for hydroxylation is 1. The number of pyridine rings is 1. The monoisotopic (exact) mass is 337 g/mol. The van der Waals surface area contributed by atoms with E-state index in [0.717, 1.165) is 28.2 Å². The first kappa shape index (κ1) is 14.7. The lowest BCUT2D eigenvalue weighted by atomic mass is 10.3. The second kappa shape index (κ2) is 6.32. The third kappa shape index (κ3) is 2.95. The predicted octanol–water partition coefficient (Wildman–Crippen LogP) is 2.54. The Balaban J connectivity index is 1.39. The fraction of sp³-hybridized carbons (Fsp3) is 0.188. The van der Waals surface area contributed by atoms with Gasteiger partial charge in [0.15, 0.2) is 5.65 Å². The molecular formula is C16H15N7S. The Labute approximate surface area is 142 Å². The molecular weight excluding hydrogens is 322 g/mol. The van der Waals surface area contributed by atoms with Gasteiger partial charge in [-0.25, -0.2) is 15.0 Å². The van der Waals surface area contributed by atoms with Crippen molar-refractivity contribution in [3.8, 4) is 10.6 Å². The molecule has 4 aromatic rings. The fourth-order valence-corrected chi connectivity index (χ4v) is 3.19. The van der Waals surface area contributed by atoms with Gasteiger partial charge in [-0.1, -0.05) is 0 Å². The van der Waals surface area contributed by atoms with Crippen LogP contribution < -0.4 is 5.32 Å². The van der Waals surface area contributed by atoms with Crippen LogP contribution in [0.4, 0.5) is 5.95 Å². The van der Waals surface area contributed by atoms with Gasteiger partial charge in [0.05, 0.1) is 18.2 Å². The summed E-state index contributed by atoms with van der Waals surface area (Å²) in [6.07, 6.45) is 7.91.